The molecule has 9 heteroatoms. The Kier molecular flexibility index (Phi) is 9.96. The normalized spacial score (nSPS) is 11.5. The number of halogens is 3. The van der Waals surface area contributed by atoms with Gasteiger partial charge in [0.05, 0.1) is 11.0 Å². The number of rotatable bonds is 9. The zero-order valence-corrected chi connectivity index (χ0v) is 20.0. The van der Waals surface area contributed by atoms with E-state index in [1.54, 1.807) is 25.2 Å². The number of nitrogens with one attached hydrogen (secondary N) is 2. The van der Waals surface area contributed by atoms with Gasteiger partial charge in [-0.25, -0.2) is 13.8 Å². The molecule has 0 saturated carbocycles. The summed E-state index contributed by atoms with van der Waals surface area (Å²) in [5, 5.41) is 6.53. The Hall–Kier alpha value is -2.43. The van der Waals surface area contributed by atoms with E-state index in [4.69, 9.17) is 4.74 Å². The number of aryl methyl sites for hydroxylation is 2. The molecule has 0 aliphatic carbocycles. The van der Waals surface area contributed by atoms with Crippen molar-refractivity contribution in [3.05, 3.63) is 59.9 Å². The second kappa shape index (κ2) is 12.4. The molecule has 31 heavy (non-hydrogen) atoms. The Labute approximate surface area is 198 Å². The number of hydrogen-bond donors (Lipinski definition) is 2. The second-order valence-corrected chi connectivity index (χ2v) is 6.85. The van der Waals surface area contributed by atoms with Crippen molar-refractivity contribution < 1.29 is 13.5 Å². The quantitative estimate of drug-likeness (QED) is 0.182. The van der Waals surface area contributed by atoms with Crippen molar-refractivity contribution in [3.63, 3.8) is 0 Å². The smallest absolute Gasteiger partial charge is 0.272 e. The number of nitrogens with zero attached hydrogens (tertiary/aromatic N) is 3. The summed E-state index contributed by atoms with van der Waals surface area (Å²) >= 11 is 0. The Morgan fingerprint density at radius 3 is 2.74 bits per heavy atom. The average Bonchev–Trinajstić information content (AvgIpc) is 3.07. The van der Waals surface area contributed by atoms with Gasteiger partial charge >= 0.3 is 0 Å². The van der Waals surface area contributed by atoms with Gasteiger partial charge in [-0.1, -0.05) is 24.3 Å². The predicted octanol–water partition coefficient (Wildman–Crippen LogP) is 4.36. The van der Waals surface area contributed by atoms with Crippen LogP contribution in [-0.2, 0) is 13.1 Å². The van der Waals surface area contributed by atoms with Crippen molar-refractivity contribution in [2.24, 2.45) is 4.99 Å². The average molecular weight is 543 g/mol. The molecule has 3 rings (SSSR count). The zero-order chi connectivity index (χ0) is 21.3. The first-order valence-corrected chi connectivity index (χ1v) is 9.93. The highest BCUT2D eigenvalue weighted by Gasteiger charge is 2.07. The van der Waals surface area contributed by atoms with Crippen LogP contribution in [0.5, 0.6) is 5.75 Å². The lowest BCUT2D eigenvalue weighted by Gasteiger charge is -2.13. The fourth-order valence-corrected chi connectivity index (χ4v) is 3.23. The highest BCUT2D eigenvalue weighted by atomic mass is 127. The fourth-order valence-electron chi connectivity index (χ4n) is 3.23. The van der Waals surface area contributed by atoms with E-state index in [0.29, 0.717) is 18.3 Å². The standard InChI is InChI=1S/C22H27F2N5O.HI/c1-16-28-19-9-3-4-10-20(19)29(16)12-6-11-26-22(25-2)27-14-17-7-5-8-18(13-17)30-15-21(23)24;/h3-5,7-10,13,21H,6,11-12,14-15H2,1-2H3,(H2,25,26,27);1H. The number of alkyl halides is 2. The van der Waals surface area contributed by atoms with Gasteiger partial charge in [-0.3, -0.25) is 4.99 Å². The minimum atomic E-state index is -2.49. The number of aromatic nitrogens is 2. The molecule has 0 spiro atoms. The van der Waals surface area contributed by atoms with Gasteiger partial charge < -0.3 is 19.9 Å². The van der Waals surface area contributed by atoms with Gasteiger partial charge in [-0.2, -0.15) is 0 Å². The molecule has 0 unspecified atom stereocenters. The van der Waals surface area contributed by atoms with E-state index in [9.17, 15) is 8.78 Å². The molecule has 6 nitrogen and oxygen atoms in total. The molecule has 0 aliphatic heterocycles. The number of fused-ring (bicyclic) bond motifs is 1. The van der Waals surface area contributed by atoms with Crippen molar-refractivity contribution in [3.8, 4) is 5.75 Å². The van der Waals surface area contributed by atoms with Gasteiger partial charge in [0.15, 0.2) is 5.96 Å². The van der Waals surface area contributed by atoms with E-state index >= 15 is 0 Å². The Balaban J connectivity index is 0.00000341. The number of ether oxygens (including phenoxy) is 1. The molecule has 0 amide bonds. The molecule has 0 bridgehead atoms. The summed E-state index contributed by atoms with van der Waals surface area (Å²) in [6, 6.07) is 15.2. The first-order valence-electron chi connectivity index (χ1n) is 9.93. The molecule has 0 atom stereocenters. The monoisotopic (exact) mass is 543 g/mol. The third kappa shape index (κ3) is 7.34. The van der Waals surface area contributed by atoms with Crippen LogP contribution >= 0.6 is 24.0 Å². The summed E-state index contributed by atoms with van der Waals surface area (Å²) in [5.74, 6) is 2.12. The van der Waals surface area contributed by atoms with Crippen LogP contribution in [0.15, 0.2) is 53.5 Å². The second-order valence-electron chi connectivity index (χ2n) is 6.85. The van der Waals surface area contributed by atoms with Crippen LogP contribution in [0.25, 0.3) is 11.0 Å². The van der Waals surface area contributed by atoms with Gasteiger partial charge in [0.25, 0.3) is 6.43 Å². The molecule has 0 radical (unpaired) electrons. The van der Waals surface area contributed by atoms with Gasteiger partial charge in [-0.05, 0) is 43.2 Å². The highest BCUT2D eigenvalue weighted by Crippen LogP contribution is 2.16. The minimum Gasteiger partial charge on any atom is -0.488 e. The van der Waals surface area contributed by atoms with Crippen LogP contribution in [0.2, 0.25) is 0 Å². The van der Waals surface area contributed by atoms with Crippen molar-refractivity contribution in [2.45, 2.75) is 32.9 Å². The Bertz CT molecular complexity index is 993. The molecule has 0 fully saturated rings. The van der Waals surface area contributed by atoms with Crippen LogP contribution in [0.1, 0.15) is 17.8 Å². The maximum atomic E-state index is 12.3. The fraction of sp³-hybridized carbons (Fsp3) is 0.364. The lowest BCUT2D eigenvalue weighted by Crippen LogP contribution is -2.37. The van der Waals surface area contributed by atoms with Gasteiger partial charge in [0.2, 0.25) is 0 Å². The van der Waals surface area contributed by atoms with E-state index in [-0.39, 0.29) is 24.0 Å². The molecule has 1 aromatic heterocycles. The highest BCUT2D eigenvalue weighted by molar-refractivity contribution is 14.0. The molecular formula is C22H28F2IN5O. The Morgan fingerprint density at radius 2 is 1.97 bits per heavy atom. The Morgan fingerprint density at radius 1 is 1.16 bits per heavy atom. The number of guanidine groups is 1. The maximum Gasteiger partial charge on any atom is 0.272 e. The molecule has 168 valence electrons. The topological polar surface area (TPSA) is 63.5 Å². The molecule has 3 aromatic rings. The van der Waals surface area contributed by atoms with Crippen LogP contribution < -0.4 is 15.4 Å². The lowest BCUT2D eigenvalue weighted by atomic mass is 10.2. The van der Waals surface area contributed by atoms with Gasteiger partial charge in [0.1, 0.15) is 18.2 Å². The molecule has 2 aromatic carbocycles. The lowest BCUT2D eigenvalue weighted by molar-refractivity contribution is 0.0818. The number of para-hydroxylation sites is 2. The SMILES string of the molecule is CN=C(NCCCn1c(C)nc2ccccc21)NCc1cccc(OCC(F)F)c1.I. The van der Waals surface area contributed by atoms with Crippen LogP contribution in [0.4, 0.5) is 8.78 Å². The summed E-state index contributed by atoms with van der Waals surface area (Å²) in [6.07, 6.45) is -1.57. The summed E-state index contributed by atoms with van der Waals surface area (Å²) in [6.45, 7) is 3.54. The van der Waals surface area contributed by atoms with Crippen molar-refractivity contribution >= 4 is 41.0 Å². The number of benzene rings is 2. The maximum absolute atomic E-state index is 12.3. The first kappa shape index (κ1) is 24.8. The van der Waals surface area contributed by atoms with E-state index in [0.717, 1.165) is 41.9 Å². The van der Waals surface area contributed by atoms with Crippen LogP contribution in [0, 0.1) is 6.92 Å². The van der Waals surface area contributed by atoms with E-state index in [1.807, 2.05) is 31.2 Å². The third-order valence-corrected chi connectivity index (χ3v) is 4.65. The summed E-state index contributed by atoms with van der Waals surface area (Å²) in [4.78, 5) is 8.82. The van der Waals surface area contributed by atoms with Crippen molar-refractivity contribution in [1.29, 1.82) is 0 Å². The summed E-state index contributed by atoms with van der Waals surface area (Å²) < 4.78 is 31.9. The molecule has 2 N–H and O–H groups in total. The molecule has 0 saturated heterocycles. The third-order valence-electron chi connectivity index (χ3n) is 4.65. The van der Waals surface area contributed by atoms with E-state index < -0.39 is 13.0 Å². The van der Waals surface area contributed by atoms with Gasteiger partial charge in [-0.15, -0.1) is 24.0 Å². The van der Waals surface area contributed by atoms with Crippen LogP contribution in [0.3, 0.4) is 0 Å². The van der Waals surface area contributed by atoms with Gasteiger partial charge in [0, 0.05) is 26.7 Å². The molecule has 0 aliphatic rings. The summed E-state index contributed by atoms with van der Waals surface area (Å²) in [7, 11) is 1.71. The predicted molar refractivity (Wildman–Crippen MR) is 131 cm³/mol. The largest absolute Gasteiger partial charge is 0.488 e. The first-order chi connectivity index (χ1) is 14.6. The van der Waals surface area contributed by atoms with E-state index in [2.05, 4.69) is 31.2 Å². The zero-order valence-electron chi connectivity index (χ0n) is 17.6. The van der Waals surface area contributed by atoms with Crippen molar-refractivity contribution in [2.75, 3.05) is 20.2 Å². The number of imidazole rings is 1. The van der Waals surface area contributed by atoms with Crippen LogP contribution in [-0.4, -0.2) is 42.1 Å². The summed E-state index contributed by atoms with van der Waals surface area (Å²) in [5.41, 5.74) is 3.08. The molecular weight excluding hydrogens is 515 g/mol. The molecule has 1 heterocycles. The van der Waals surface area contributed by atoms with Crippen molar-refractivity contribution in [1.82, 2.24) is 20.2 Å². The minimum absolute atomic E-state index is 0. The van der Waals surface area contributed by atoms with E-state index in [1.165, 1.54) is 0 Å². The number of hydrogen-bond acceptors (Lipinski definition) is 3. The number of aliphatic imine (C=N–C) groups is 1.